The minimum atomic E-state index is 0.149. The van der Waals surface area contributed by atoms with Gasteiger partial charge in [-0.05, 0) is 38.3 Å². The molecule has 1 fully saturated rings. The molecule has 3 rings (SSSR count). The van der Waals surface area contributed by atoms with Crippen molar-refractivity contribution in [3.05, 3.63) is 41.6 Å². The molecule has 1 aromatic carbocycles. The molecule has 1 aromatic heterocycles. The zero-order valence-corrected chi connectivity index (χ0v) is 13.5. The average Bonchev–Trinajstić information content (AvgIpc) is 3.39. The molecule has 22 heavy (non-hydrogen) atoms. The normalized spacial score (nSPS) is 14.3. The van der Waals surface area contributed by atoms with Crippen molar-refractivity contribution in [2.75, 3.05) is 13.1 Å². The molecule has 1 aliphatic carbocycles. The van der Waals surface area contributed by atoms with Gasteiger partial charge in [-0.15, -0.1) is 0 Å². The lowest BCUT2D eigenvalue weighted by atomic mass is 10.0. The molecule has 0 radical (unpaired) electrons. The van der Waals surface area contributed by atoms with Crippen molar-refractivity contribution in [2.45, 2.75) is 45.4 Å². The molecule has 3 heteroatoms. The fourth-order valence-corrected chi connectivity index (χ4v) is 2.88. The molecule has 1 aliphatic rings. The molecule has 0 atom stereocenters. The van der Waals surface area contributed by atoms with E-state index in [0.717, 1.165) is 48.1 Å². The van der Waals surface area contributed by atoms with E-state index in [1.54, 1.807) is 0 Å². The summed E-state index contributed by atoms with van der Waals surface area (Å²) in [7, 11) is 0. The second kappa shape index (κ2) is 6.47. The Hall–Kier alpha value is -1.90. The van der Waals surface area contributed by atoms with Gasteiger partial charge in [-0.3, -0.25) is 9.78 Å². The van der Waals surface area contributed by atoms with Crippen LogP contribution >= 0.6 is 0 Å². The summed E-state index contributed by atoms with van der Waals surface area (Å²) in [6.07, 6.45) is 4.56. The van der Waals surface area contributed by atoms with Crippen molar-refractivity contribution in [1.29, 1.82) is 0 Å². The summed E-state index contributed by atoms with van der Waals surface area (Å²) >= 11 is 0. The van der Waals surface area contributed by atoms with Gasteiger partial charge in [-0.2, -0.15) is 0 Å². The number of nitrogens with zero attached hydrogens (tertiary/aromatic N) is 2. The molecule has 0 N–H and O–H groups in total. The highest BCUT2D eigenvalue weighted by atomic mass is 16.2. The topological polar surface area (TPSA) is 33.2 Å². The van der Waals surface area contributed by atoms with Gasteiger partial charge in [0.1, 0.15) is 0 Å². The molecule has 0 unspecified atom stereocenters. The van der Waals surface area contributed by atoms with Crippen LogP contribution in [0.4, 0.5) is 0 Å². The number of hydrogen-bond acceptors (Lipinski definition) is 2. The minimum absolute atomic E-state index is 0.149. The molecular formula is C19H24N2O. The Morgan fingerprint density at radius 2 is 2.05 bits per heavy atom. The van der Waals surface area contributed by atoms with Crippen LogP contribution in [0, 0.1) is 0 Å². The quantitative estimate of drug-likeness (QED) is 0.793. The SMILES string of the molecule is CCCCN(CC)C(=O)c1cc(C2CC2)nc2ccccc12. The summed E-state index contributed by atoms with van der Waals surface area (Å²) in [5.41, 5.74) is 2.86. The number of carbonyl (C=O) groups is 1. The third kappa shape index (κ3) is 2.99. The Morgan fingerprint density at radius 3 is 2.73 bits per heavy atom. The monoisotopic (exact) mass is 296 g/mol. The van der Waals surface area contributed by atoms with Crippen LogP contribution < -0.4 is 0 Å². The third-order valence-electron chi connectivity index (χ3n) is 4.41. The van der Waals surface area contributed by atoms with Crippen molar-refractivity contribution in [1.82, 2.24) is 9.88 Å². The van der Waals surface area contributed by atoms with E-state index in [2.05, 4.69) is 13.8 Å². The zero-order valence-electron chi connectivity index (χ0n) is 13.5. The highest BCUT2D eigenvalue weighted by Crippen LogP contribution is 2.40. The number of pyridine rings is 1. The predicted octanol–water partition coefficient (Wildman–Crippen LogP) is 4.37. The van der Waals surface area contributed by atoms with Crippen molar-refractivity contribution in [3.8, 4) is 0 Å². The van der Waals surface area contributed by atoms with E-state index >= 15 is 0 Å². The fraction of sp³-hybridized carbons (Fsp3) is 0.474. The lowest BCUT2D eigenvalue weighted by Crippen LogP contribution is -2.32. The number of hydrogen-bond donors (Lipinski definition) is 0. The van der Waals surface area contributed by atoms with Gasteiger partial charge >= 0.3 is 0 Å². The summed E-state index contributed by atoms with van der Waals surface area (Å²) < 4.78 is 0. The summed E-state index contributed by atoms with van der Waals surface area (Å²) in [4.78, 5) is 19.7. The first-order valence-corrected chi connectivity index (χ1v) is 8.43. The lowest BCUT2D eigenvalue weighted by Gasteiger charge is -2.22. The minimum Gasteiger partial charge on any atom is -0.339 e. The molecule has 1 heterocycles. The van der Waals surface area contributed by atoms with E-state index in [4.69, 9.17) is 4.98 Å². The van der Waals surface area contributed by atoms with Crippen molar-refractivity contribution >= 4 is 16.8 Å². The number of carbonyl (C=O) groups excluding carboxylic acids is 1. The molecule has 3 nitrogen and oxygen atoms in total. The van der Waals surface area contributed by atoms with E-state index < -0.39 is 0 Å². The number of fused-ring (bicyclic) bond motifs is 1. The maximum absolute atomic E-state index is 13.0. The Bertz CT molecular complexity index is 676. The van der Waals surface area contributed by atoms with Gasteiger partial charge in [0.2, 0.25) is 0 Å². The van der Waals surface area contributed by atoms with Gasteiger partial charge in [0.15, 0.2) is 0 Å². The first-order valence-electron chi connectivity index (χ1n) is 8.43. The molecule has 1 amide bonds. The maximum Gasteiger partial charge on any atom is 0.254 e. The van der Waals surface area contributed by atoms with E-state index in [1.165, 1.54) is 12.8 Å². The van der Waals surface area contributed by atoms with Crippen molar-refractivity contribution < 1.29 is 4.79 Å². The van der Waals surface area contributed by atoms with E-state index in [9.17, 15) is 4.79 Å². The van der Waals surface area contributed by atoms with Crippen LogP contribution in [0.3, 0.4) is 0 Å². The van der Waals surface area contributed by atoms with E-state index in [0.29, 0.717) is 5.92 Å². The van der Waals surface area contributed by atoms with Crippen LogP contribution in [-0.2, 0) is 0 Å². The zero-order chi connectivity index (χ0) is 15.5. The van der Waals surface area contributed by atoms with Gasteiger partial charge in [-0.25, -0.2) is 0 Å². The Balaban J connectivity index is 2.01. The predicted molar refractivity (Wildman–Crippen MR) is 90.2 cm³/mol. The van der Waals surface area contributed by atoms with Crippen LogP contribution in [0.5, 0.6) is 0 Å². The number of rotatable bonds is 6. The second-order valence-electron chi connectivity index (χ2n) is 6.12. The molecule has 0 saturated heterocycles. The van der Waals surface area contributed by atoms with Crippen LogP contribution in [0.1, 0.15) is 61.5 Å². The molecule has 2 aromatic rings. The first-order chi connectivity index (χ1) is 10.7. The van der Waals surface area contributed by atoms with Gasteiger partial charge in [0, 0.05) is 30.1 Å². The number of para-hydroxylation sites is 1. The van der Waals surface area contributed by atoms with Crippen molar-refractivity contribution in [3.63, 3.8) is 0 Å². The van der Waals surface area contributed by atoms with Crippen LogP contribution in [0.25, 0.3) is 10.9 Å². The fourth-order valence-electron chi connectivity index (χ4n) is 2.88. The molecule has 0 aliphatic heterocycles. The van der Waals surface area contributed by atoms with Crippen LogP contribution in [0.2, 0.25) is 0 Å². The van der Waals surface area contributed by atoms with Crippen LogP contribution in [0.15, 0.2) is 30.3 Å². The lowest BCUT2D eigenvalue weighted by molar-refractivity contribution is 0.0764. The molecular weight excluding hydrogens is 272 g/mol. The summed E-state index contributed by atoms with van der Waals surface area (Å²) in [5, 5.41) is 0.979. The molecule has 1 saturated carbocycles. The largest absolute Gasteiger partial charge is 0.339 e. The molecule has 0 bridgehead atoms. The Labute approximate surface area is 132 Å². The first kappa shape index (κ1) is 15.0. The second-order valence-corrected chi connectivity index (χ2v) is 6.12. The summed E-state index contributed by atoms with van der Waals surface area (Å²) in [6.45, 7) is 5.81. The van der Waals surface area contributed by atoms with Gasteiger partial charge in [0.05, 0.1) is 11.1 Å². The third-order valence-corrected chi connectivity index (χ3v) is 4.41. The maximum atomic E-state index is 13.0. The molecule has 116 valence electrons. The highest BCUT2D eigenvalue weighted by molar-refractivity contribution is 6.06. The number of unbranched alkanes of at least 4 members (excludes halogenated alkanes) is 1. The van der Waals surface area contributed by atoms with Gasteiger partial charge < -0.3 is 4.90 Å². The highest BCUT2D eigenvalue weighted by Gasteiger charge is 2.27. The van der Waals surface area contributed by atoms with Gasteiger partial charge in [0.25, 0.3) is 5.91 Å². The number of amides is 1. The summed E-state index contributed by atoms with van der Waals surface area (Å²) in [5.74, 6) is 0.707. The smallest absolute Gasteiger partial charge is 0.254 e. The Kier molecular flexibility index (Phi) is 4.41. The van der Waals surface area contributed by atoms with E-state index in [1.807, 2.05) is 35.2 Å². The average molecular weight is 296 g/mol. The standard InChI is InChI=1S/C19H24N2O/c1-3-5-12-21(4-2)19(22)16-13-18(14-10-11-14)20-17-9-7-6-8-15(16)17/h6-9,13-14H,3-5,10-12H2,1-2H3. The number of benzene rings is 1. The Morgan fingerprint density at radius 1 is 1.27 bits per heavy atom. The molecule has 0 spiro atoms. The van der Waals surface area contributed by atoms with Crippen LogP contribution in [-0.4, -0.2) is 28.9 Å². The van der Waals surface area contributed by atoms with Gasteiger partial charge in [-0.1, -0.05) is 31.5 Å². The van der Waals surface area contributed by atoms with E-state index in [-0.39, 0.29) is 5.91 Å². The van der Waals surface area contributed by atoms with Crippen molar-refractivity contribution in [2.24, 2.45) is 0 Å². The number of aromatic nitrogens is 1. The summed E-state index contributed by atoms with van der Waals surface area (Å²) in [6, 6.07) is 10.0.